The van der Waals surface area contributed by atoms with Crippen molar-refractivity contribution in [2.24, 2.45) is 0 Å². The number of anilines is 1. The maximum atomic E-state index is 12.0. The lowest BCUT2D eigenvalue weighted by Crippen LogP contribution is -2.40. The molecule has 0 fully saturated rings. The second kappa shape index (κ2) is 9.46. The highest BCUT2D eigenvalue weighted by Gasteiger charge is 2.14. The molecule has 0 spiro atoms. The van der Waals surface area contributed by atoms with Crippen LogP contribution < -0.4 is 15.4 Å². The maximum absolute atomic E-state index is 12.0. The van der Waals surface area contributed by atoms with E-state index in [1.165, 1.54) is 0 Å². The number of ether oxygens (including phenoxy) is 2. The minimum atomic E-state index is -0.579. The van der Waals surface area contributed by atoms with E-state index >= 15 is 0 Å². The van der Waals surface area contributed by atoms with Crippen molar-refractivity contribution < 1.29 is 19.1 Å². The summed E-state index contributed by atoms with van der Waals surface area (Å²) < 4.78 is 10.4. The summed E-state index contributed by atoms with van der Waals surface area (Å²) in [5, 5.41) is 5.34. The van der Waals surface area contributed by atoms with Gasteiger partial charge in [-0.2, -0.15) is 0 Å². The Bertz CT molecular complexity index is 744. The second-order valence-electron chi connectivity index (χ2n) is 6.05. The lowest BCUT2D eigenvalue weighted by Gasteiger charge is -2.17. The number of aryl methyl sites for hydroxylation is 2. The molecule has 0 aliphatic heterocycles. The van der Waals surface area contributed by atoms with Gasteiger partial charge in [-0.1, -0.05) is 36.8 Å². The van der Waals surface area contributed by atoms with Gasteiger partial charge < -0.3 is 14.8 Å². The highest BCUT2D eigenvalue weighted by atomic mass is 16.6. The van der Waals surface area contributed by atoms with Gasteiger partial charge in [-0.05, 0) is 50.1 Å². The molecule has 0 aliphatic carbocycles. The van der Waals surface area contributed by atoms with Gasteiger partial charge in [0.25, 0.3) is 0 Å². The van der Waals surface area contributed by atoms with Crippen LogP contribution in [0.2, 0.25) is 0 Å². The Morgan fingerprint density at radius 3 is 2.38 bits per heavy atom. The van der Waals surface area contributed by atoms with Gasteiger partial charge in [0.15, 0.2) is 0 Å². The van der Waals surface area contributed by atoms with Crippen molar-refractivity contribution in [1.82, 2.24) is 5.32 Å². The summed E-state index contributed by atoms with van der Waals surface area (Å²) >= 11 is 0. The average molecular weight is 356 g/mol. The number of rotatable bonds is 6. The van der Waals surface area contributed by atoms with Crippen LogP contribution in [-0.4, -0.2) is 24.8 Å². The first kappa shape index (κ1) is 19.3. The summed E-state index contributed by atoms with van der Waals surface area (Å²) in [5.74, 6) is 0.468. The van der Waals surface area contributed by atoms with Crippen molar-refractivity contribution >= 4 is 17.9 Å². The second-order valence-corrected chi connectivity index (χ2v) is 6.05. The number of benzene rings is 2. The highest BCUT2D eigenvalue weighted by molar-refractivity contribution is 5.84. The van der Waals surface area contributed by atoms with Crippen LogP contribution in [0, 0.1) is 13.8 Å². The van der Waals surface area contributed by atoms with Crippen LogP contribution in [-0.2, 0) is 4.74 Å². The first-order valence-corrected chi connectivity index (χ1v) is 8.51. The molecule has 0 unspecified atom stereocenters. The Hall–Kier alpha value is -3.02. The van der Waals surface area contributed by atoms with Gasteiger partial charge in [-0.15, -0.1) is 0 Å². The molecule has 0 radical (unpaired) electrons. The first-order valence-electron chi connectivity index (χ1n) is 8.51. The topological polar surface area (TPSA) is 76.7 Å². The zero-order valence-corrected chi connectivity index (χ0v) is 15.2. The fourth-order valence-electron chi connectivity index (χ4n) is 2.21. The fraction of sp³-hybridized carbons (Fsp3) is 0.300. The summed E-state index contributed by atoms with van der Waals surface area (Å²) in [6, 6.07) is 14.3. The Labute approximate surface area is 153 Å². The minimum absolute atomic E-state index is 0.0527. The molecule has 138 valence electrons. The van der Waals surface area contributed by atoms with Crippen molar-refractivity contribution in [3.05, 3.63) is 59.7 Å². The number of nitrogens with one attached hydrogen (secondary N) is 2. The van der Waals surface area contributed by atoms with Crippen molar-refractivity contribution in [1.29, 1.82) is 0 Å². The summed E-state index contributed by atoms with van der Waals surface area (Å²) in [5.41, 5.74) is 2.75. The molecule has 6 nitrogen and oxygen atoms in total. The Morgan fingerprint density at radius 2 is 1.73 bits per heavy atom. The van der Waals surface area contributed by atoms with E-state index in [2.05, 4.69) is 10.6 Å². The molecule has 0 aromatic heterocycles. The molecule has 0 aliphatic rings. The molecule has 6 heteroatoms. The molecule has 2 aromatic rings. The van der Waals surface area contributed by atoms with Crippen molar-refractivity contribution in [3.63, 3.8) is 0 Å². The Morgan fingerprint density at radius 1 is 1.00 bits per heavy atom. The van der Waals surface area contributed by atoms with E-state index in [0.717, 1.165) is 11.1 Å². The molecule has 0 saturated heterocycles. The molecule has 2 amide bonds. The molecule has 26 heavy (non-hydrogen) atoms. The lowest BCUT2D eigenvalue weighted by molar-refractivity contribution is 0.142. The highest BCUT2D eigenvalue weighted by Crippen LogP contribution is 2.13. The molecule has 0 saturated carbocycles. The van der Waals surface area contributed by atoms with E-state index < -0.39 is 12.2 Å². The molecule has 1 atom stereocenters. The van der Waals surface area contributed by atoms with E-state index in [-0.39, 0.29) is 12.6 Å². The monoisotopic (exact) mass is 356 g/mol. The Kier molecular flexibility index (Phi) is 7.02. The van der Waals surface area contributed by atoms with E-state index in [1.807, 2.05) is 45.0 Å². The number of hydrogen-bond donors (Lipinski definition) is 2. The normalized spacial score (nSPS) is 11.3. The summed E-state index contributed by atoms with van der Waals surface area (Å²) in [6.45, 7) is 5.82. The van der Waals surface area contributed by atoms with Crippen LogP contribution in [0.25, 0.3) is 0 Å². The van der Waals surface area contributed by atoms with Gasteiger partial charge in [0.05, 0.1) is 6.04 Å². The largest absolute Gasteiger partial charge is 0.447 e. The number of carbonyl (C=O) groups is 2. The number of carbonyl (C=O) groups excluding carboxylic acids is 2. The summed E-state index contributed by atoms with van der Waals surface area (Å²) in [7, 11) is 0. The molecular formula is C20H24N2O4. The van der Waals surface area contributed by atoms with Crippen molar-refractivity contribution in [3.8, 4) is 5.75 Å². The predicted molar refractivity (Wildman–Crippen MR) is 101 cm³/mol. The maximum Gasteiger partial charge on any atom is 0.412 e. The summed E-state index contributed by atoms with van der Waals surface area (Å²) in [4.78, 5) is 23.8. The van der Waals surface area contributed by atoms with E-state index in [1.54, 1.807) is 24.3 Å². The van der Waals surface area contributed by atoms with Gasteiger partial charge >= 0.3 is 12.2 Å². The third-order valence-corrected chi connectivity index (χ3v) is 3.73. The average Bonchev–Trinajstić information content (AvgIpc) is 2.60. The van der Waals surface area contributed by atoms with Crippen LogP contribution in [0.15, 0.2) is 48.5 Å². The molecular weight excluding hydrogens is 332 g/mol. The SMILES string of the molecule is CC[C@H](COC(=O)Nc1ccc(C)cc1)NC(=O)Oc1cccc(C)c1. The smallest absolute Gasteiger partial charge is 0.412 e. The van der Waals surface area contributed by atoms with E-state index in [4.69, 9.17) is 9.47 Å². The molecule has 2 rings (SSSR count). The van der Waals surface area contributed by atoms with Gasteiger partial charge in [0.2, 0.25) is 0 Å². The van der Waals surface area contributed by atoms with E-state index in [9.17, 15) is 9.59 Å². The third kappa shape index (κ3) is 6.47. The molecule has 0 heterocycles. The van der Waals surface area contributed by atoms with Crippen molar-refractivity contribution in [2.45, 2.75) is 33.2 Å². The number of amides is 2. The zero-order valence-electron chi connectivity index (χ0n) is 15.2. The van der Waals surface area contributed by atoms with Crippen LogP contribution in [0.4, 0.5) is 15.3 Å². The van der Waals surface area contributed by atoms with Gasteiger partial charge in [-0.3, -0.25) is 5.32 Å². The minimum Gasteiger partial charge on any atom is -0.447 e. The van der Waals surface area contributed by atoms with Gasteiger partial charge in [0, 0.05) is 5.69 Å². The summed E-state index contributed by atoms with van der Waals surface area (Å²) in [6.07, 6.45) is -0.549. The predicted octanol–water partition coefficient (Wildman–Crippen LogP) is 4.42. The van der Waals surface area contributed by atoms with Gasteiger partial charge in [-0.25, -0.2) is 9.59 Å². The first-order chi connectivity index (χ1) is 12.5. The molecule has 0 bridgehead atoms. The van der Waals surface area contributed by atoms with Crippen LogP contribution >= 0.6 is 0 Å². The standard InChI is InChI=1S/C20H24N2O4/c1-4-16(21-20(24)26-18-7-5-6-15(3)12-18)13-25-19(23)22-17-10-8-14(2)9-11-17/h5-12,16H,4,13H2,1-3H3,(H,21,24)(H,22,23)/t16-/m1/s1. The fourth-order valence-corrected chi connectivity index (χ4v) is 2.21. The quantitative estimate of drug-likeness (QED) is 0.803. The van der Waals surface area contributed by atoms with Gasteiger partial charge in [0.1, 0.15) is 12.4 Å². The van der Waals surface area contributed by atoms with E-state index in [0.29, 0.717) is 17.9 Å². The van der Waals surface area contributed by atoms with Crippen LogP contribution in [0.3, 0.4) is 0 Å². The van der Waals surface area contributed by atoms with Crippen molar-refractivity contribution in [2.75, 3.05) is 11.9 Å². The Balaban J connectivity index is 1.78. The lowest BCUT2D eigenvalue weighted by atomic mass is 10.2. The van der Waals surface area contributed by atoms with Crippen LogP contribution in [0.1, 0.15) is 24.5 Å². The molecule has 2 aromatic carbocycles. The molecule has 2 N–H and O–H groups in total. The third-order valence-electron chi connectivity index (χ3n) is 3.73. The number of hydrogen-bond acceptors (Lipinski definition) is 4. The van der Waals surface area contributed by atoms with Crippen LogP contribution in [0.5, 0.6) is 5.75 Å². The zero-order chi connectivity index (χ0) is 18.9.